The number of likely N-dealkylation sites (N-methyl/N-ethyl adjacent to an activating group) is 1. The van der Waals surface area contributed by atoms with Gasteiger partial charge in [0.15, 0.2) is 0 Å². The summed E-state index contributed by atoms with van der Waals surface area (Å²) < 4.78 is 26.6. The third kappa shape index (κ3) is 5.12. The van der Waals surface area contributed by atoms with Crippen LogP contribution in [0.4, 0.5) is 15.8 Å². The smallest absolute Gasteiger partial charge is 0.313 e. The van der Waals surface area contributed by atoms with Crippen molar-refractivity contribution in [3.05, 3.63) is 83.2 Å². The van der Waals surface area contributed by atoms with Crippen molar-refractivity contribution in [3.63, 3.8) is 0 Å². The Morgan fingerprint density at radius 3 is 2.64 bits per heavy atom. The second kappa shape index (κ2) is 9.89. The molecule has 0 unspecified atom stereocenters. The molecule has 1 heterocycles. The standard InChI is InChI=1S/C28H29FN2O5/c1-17-9-10-18(28(2,3)27(33)34)13-23(17)30-26(32)21-12-11-19(14-22(21)29)35-16-20-15-31(4)24-7-5-6-8-25(24)36-20/h5-14,20H,15-16H2,1-4H3,(H,30,32)(H,33,34)/t20-/m0/s1. The van der Waals surface area contributed by atoms with Crippen LogP contribution in [-0.2, 0) is 10.2 Å². The molecule has 1 amide bonds. The van der Waals surface area contributed by atoms with Crippen molar-refractivity contribution in [3.8, 4) is 11.5 Å². The number of nitrogens with zero attached hydrogens (tertiary/aromatic N) is 1. The van der Waals surface area contributed by atoms with Crippen LogP contribution in [0.2, 0.25) is 0 Å². The quantitative estimate of drug-likeness (QED) is 0.481. The molecule has 0 aliphatic carbocycles. The maximum absolute atomic E-state index is 14.8. The Morgan fingerprint density at radius 2 is 1.92 bits per heavy atom. The van der Waals surface area contributed by atoms with E-state index in [0.717, 1.165) is 17.0 Å². The largest absolute Gasteiger partial charge is 0.490 e. The van der Waals surface area contributed by atoms with E-state index in [4.69, 9.17) is 9.47 Å². The van der Waals surface area contributed by atoms with Gasteiger partial charge in [0, 0.05) is 18.8 Å². The van der Waals surface area contributed by atoms with E-state index in [0.29, 0.717) is 17.8 Å². The monoisotopic (exact) mass is 492 g/mol. The van der Waals surface area contributed by atoms with Gasteiger partial charge >= 0.3 is 5.97 Å². The van der Waals surface area contributed by atoms with Gasteiger partial charge in [-0.25, -0.2) is 4.39 Å². The van der Waals surface area contributed by atoms with Gasteiger partial charge < -0.3 is 24.8 Å². The molecule has 0 fully saturated rings. The first-order chi connectivity index (χ1) is 17.1. The van der Waals surface area contributed by atoms with E-state index in [-0.39, 0.29) is 24.0 Å². The van der Waals surface area contributed by atoms with E-state index in [9.17, 15) is 19.1 Å². The van der Waals surface area contributed by atoms with Crippen molar-refractivity contribution in [2.45, 2.75) is 32.3 Å². The molecule has 0 spiro atoms. The summed E-state index contributed by atoms with van der Waals surface area (Å²) in [6.45, 7) is 5.79. The fourth-order valence-electron chi connectivity index (χ4n) is 4.00. The average Bonchev–Trinajstić information content (AvgIpc) is 2.84. The minimum Gasteiger partial charge on any atom is -0.490 e. The number of benzene rings is 3. The molecular formula is C28H29FN2O5. The van der Waals surface area contributed by atoms with Crippen LogP contribution in [-0.4, -0.2) is 43.3 Å². The van der Waals surface area contributed by atoms with Crippen LogP contribution in [0.3, 0.4) is 0 Å². The second-order valence-corrected chi connectivity index (χ2v) is 9.45. The van der Waals surface area contributed by atoms with Crippen LogP contribution in [0, 0.1) is 12.7 Å². The van der Waals surface area contributed by atoms with Gasteiger partial charge in [0.2, 0.25) is 0 Å². The normalized spacial score (nSPS) is 15.0. The lowest BCUT2D eigenvalue weighted by Gasteiger charge is -2.33. The summed E-state index contributed by atoms with van der Waals surface area (Å²) in [7, 11) is 1.97. The summed E-state index contributed by atoms with van der Waals surface area (Å²) in [6, 6.07) is 16.8. The molecule has 0 saturated heterocycles. The molecule has 0 saturated carbocycles. The molecule has 0 aromatic heterocycles. The highest BCUT2D eigenvalue weighted by Crippen LogP contribution is 2.32. The summed E-state index contributed by atoms with van der Waals surface area (Å²) in [4.78, 5) is 26.5. The third-order valence-electron chi connectivity index (χ3n) is 6.41. The predicted molar refractivity (Wildman–Crippen MR) is 136 cm³/mol. The van der Waals surface area contributed by atoms with Gasteiger partial charge in [-0.3, -0.25) is 9.59 Å². The van der Waals surface area contributed by atoms with Gasteiger partial charge in [0.1, 0.15) is 30.0 Å². The molecule has 0 radical (unpaired) electrons. The average molecular weight is 493 g/mol. The Kier molecular flexibility index (Phi) is 6.88. The van der Waals surface area contributed by atoms with Gasteiger partial charge in [-0.2, -0.15) is 0 Å². The predicted octanol–water partition coefficient (Wildman–Crippen LogP) is 5.02. The van der Waals surface area contributed by atoms with Crippen molar-refractivity contribution >= 4 is 23.3 Å². The first-order valence-electron chi connectivity index (χ1n) is 11.6. The number of aliphatic carboxylic acids is 1. The number of hydrogen-bond donors (Lipinski definition) is 2. The van der Waals surface area contributed by atoms with Crippen LogP contribution < -0.4 is 19.7 Å². The molecule has 7 nitrogen and oxygen atoms in total. The first-order valence-corrected chi connectivity index (χ1v) is 11.6. The number of halogens is 1. The number of ether oxygens (including phenoxy) is 2. The van der Waals surface area contributed by atoms with Gasteiger partial charge in [0.25, 0.3) is 5.91 Å². The summed E-state index contributed by atoms with van der Waals surface area (Å²) in [5.74, 6) is -1.29. The molecule has 188 valence electrons. The molecular weight excluding hydrogens is 463 g/mol. The van der Waals surface area contributed by atoms with E-state index in [1.807, 2.05) is 31.3 Å². The van der Waals surface area contributed by atoms with E-state index >= 15 is 0 Å². The molecule has 1 aliphatic heterocycles. The number of fused-ring (bicyclic) bond motifs is 1. The highest BCUT2D eigenvalue weighted by molar-refractivity contribution is 6.05. The fraction of sp³-hybridized carbons (Fsp3) is 0.286. The van der Waals surface area contributed by atoms with Crippen LogP contribution in [0.25, 0.3) is 0 Å². The van der Waals surface area contributed by atoms with Gasteiger partial charge in [-0.05, 0) is 62.2 Å². The molecule has 1 aliphatic rings. The Labute approximate surface area is 209 Å². The molecule has 8 heteroatoms. The minimum atomic E-state index is -1.14. The Bertz CT molecular complexity index is 1310. The lowest BCUT2D eigenvalue weighted by molar-refractivity contribution is -0.142. The highest BCUT2D eigenvalue weighted by Gasteiger charge is 2.30. The van der Waals surface area contributed by atoms with Crippen molar-refractivity contribution < 1.29 is 28.6 Å². The Hall–Kier alpha value is -4.07. The van der Waals surface area contributed by atoms with E-state index in [2.05, 4.69) is 10.2 Å². The summed E-state index contributed by atoms with van der Waals surface area (Å²) in [5, 5.41) is 12.2. The summed E-state index contributed by atoms with van der Waals surface area (Å²) in [5.41, 5.74) is 1.39. The number of amides is 1. The maximum atomic E-state index is 14.8. The zero-order valence-corrected chi connectivity index (χ0v) is 20.7. The first kappa shape index (κ1) is 25.0. The summed E-state index contributed by atoms with van der Waals surface area (Å²) >= 11 is 0. The molecule has 4 rings (SSSR count). The molecule has 2 N–H and O–H groups in total. The Morgan fingerprint density at radius 1 is 1.17 bits per heavy atom. The fourth-order valence-corrected chi connectivity index (χ4v) is 4.00. The molecule has 1 atom stereocenters. The Balaban J connectivity index is 1.43. The molecule has 3 aromatic carbocycles. The van der Waals surface area contributed by atoms with E-state index in [1.54, 1.807) is 39.0 Å². The third-order valence-corrected chi connectivity index (χ3v) is 6.41. The zero-order valence-electron chi connectivity index (χ0n) is 20.7. The number of hydrogen-bond acceptors (Lipinski definition) is 5. The van der Waals surface area contributed by atoms with Crippen LogP contribution in [0.15, 0.2) is 60.7 Å². The van der Waals surface area contributed by atoms with Crippen molar-refractivity contribution in [1.82, 2.24) is 0 Å². The number of carboxylic acids is 1. The number of carboxylic acid groups (broad SMARTS) is 1. The number of rotatable bonds is 7. The minimum absolute atomic E-state index is 0.146. The highest BCUT2D eigenvalue weighted by atomic mass is 19.1. The molecule has 36 heavy (non-hydrogen) atoms. The van der Waals surface area contributed by atoms with Crippen molar-refractivity contribution in [2.24, 2.45) is 0 Å². The number of anilines is 2. The number of carbonyl (C=O) groups excluding carboxylic acids is 1. The summed E-state index contributed by atoms with van der Waals surface area (Å²) in [6.07, 6.45) is -0.235. The lowest BCUT2D eigenvalue weighted by atomic mass is 9.84. The van der Waals surface area contributed by atoms with Crippen molar-refractivity contribution in [1.29, 1.82) is 0 Å². The number of aryl methyl sites for hydroxylation is 1. The zero-order chi connectivity index (χ0) is 26.0. The molecule has 3 aromatic rings. The number of para-hydroxylation sites is 2. The second-order valence-electron chi connectivity index (χ2n) is 9.45. The number of nitrogens with one attached hydrogen (secondary N) is 1. The SMILES string of the molecule is Cc1ccc(C(C)(C)C(=O)O)cc1NC(=O)c1ccc(OC[C@@H]2CN(C)c3ccccc3O2)cc1F. The van der Waals surface area contributed by atoms with Gasteiger partial charge in [-0.1, -0.05) is 24.3 Å². The maximum Gasteiger partial charge on any atom is 0.313 e. The number of carbonyl (C=O) groups is 2. The van der Waals surface area contributed by atoms with Gasteiger partial charge in [-0.15, -0.1) is 0 Å². The molecule has 0 bridgehead atoms. The lowest BCUT2D eigenvalue weighted by Crippen LogP contribution is -2.41. The van der Waals surface area contributed by atoms with Gasteiger partial charge in [0.05, 0.1) is 23.2 Å². The van der Waals surface area contributed by atoms with E-state index < -0.39 is 23.1 Å². The van der Waals surface area contributed by atoms with Crippen LogP contribution >= 0.6 is 0 Å². The van der Waals surface area contributed by atoms with E-state index in [1.165, 1.54) is 18.2 Å². The topological polar surface area (TPSA) is 88.1 Å². The van der Waals surface area contributed by atoms with Crippen molar-refractivity contribution in [2.75, 3.05) is 30.4 Å². The van der Waals surface area contributed by atoms with Crippen LogP contribution in [0.5, 0.6) is 11.5 Å². The van der Waals surface area contributed by atoms with Crippen LogP contribution in [0.1, 0.15) is 35.3 Å².